The number of nitrogens with one attached hydrogen (secondary N) is 1. The molecule has 5 nitrogen and oxygen atoms in total. The quantitative estimate of drug-likeness (QED) is 0.475. The molecule has 0 aliphatic rings. The van der Waals surface area contributed by atoms with Crippen molar-refractivity contribution in [1.82, 2.24) is 9.47 Å². The number of amides is 2. The zero-order valence-corrected chi connectivity index (χ0v) is 18.3. The van der Waals surface area contributed by atoms with Crippen LogP contribution in [0.2, 0.25) is 0 Å². The highest BCUT2D eigenvalue weighted by atomic mass is 19.1. The summed E-state index contributed by atoms with van der Waals surface area (Å²) in [5, 5.41) is 2.98. The van der Waals surface area contributed by atoms with Gasteiger partial charge in [0, 0.05) is 30.7 Å². The zero-order valence-electron chi connectivity index (χ0n) is 18.3. The van der Waals surface area contributed by atoms with Gasteiger partial charge in [0.2, 0.25) is 0 Å². The lowest BCUT2D eigenvalue weighted by molar-refractivity contribution is 0.200. The summed E-state index contributed by atoms with van der Waals surface area (Å²) in [7, 11) is 0. The second-order valence-electron chi connectivity index (χ2n) is 7.92. The van der Waals surface area contributed by atoms with Gasteiger partial charge in [-0.25, -0.2) is 9.18 Å². The van der Waals surface area contributed by atoms with Crippen molar-refractivity contribution < 1.29 is 13.9 Å². The predicted octanol–water partition coefficient (Wildman–Crippen LogP) is 5.76. The number of hydrogen-bond donors (Lipinski definition) is 1. The highest BCUT2D eigenvalue weighted by molar-refractivity contribution is 5.89. The number of carbonyl (C=O) groups is 1. The molecule has 1 heterocycles. The molecule has 3 rings (SSSR count). The summed E-state index contributed by atoms with van der Waals surface area (Å²) in [6, 6.07) is 17.7. The van der Waals surface area contributed by atoms with Crippen LogP contribution in [0.1, 0.15) is 32.0 Å². The van der Waals surface area contributed by atoms with Crippen LogP contribution in [0.3, 0.4) is 0 Å². The number of nitrogens with zero attached hydrogens (tertiary/aromatic N) is 2. The molecule has 1 N–H and O–H groups in total. The van der Waals surface area contributed by atoms with Gasteiger partial charge in [-0.2, -0.15) is 0 Å². The molecular formula is C25H30FN3O2. The molecule has 0 unspecified atom stereocenters. The number of anilines is 1. The molecule has 0 aliphatic carbocycles. The first-order valence-corrected chi connectivity index (χ1v) is 10.6. The maximum Gasteiger partial charge on any atom is 0.322 e. The Labute approximate surface area is 183 Å². The molecule has 0 saturated carbocycles. The van der Waals surface area contributed by atoms with Gasteiger partial charge in [0.25, 0.3) is 0 Å². The summed E-state index contributed by atoms with van der Waals surface area (Å²) in [4.78, 5) is 14.8. The van der Waals surface area contributed by atoms with E-state index in [1.165, 1.54) is 12.1 Å². The molecule has 6 heteroatoms. The maximum atomic E-state index is 13.6. The highest BCUT2D eigenvalue weighted by Gasteiger charge is 2.17. The van der Waals surface area contributed by atoms with Gasteiger partial charge >= 0.3 is 6.03 Å². The smallest absolute Gasteiger partial charge is 0.322 e. The average molecular weight is 424 g/mol. The van der Waals surface area contributed by atoms with Gasteiger partial charge in [0.05, 0.1) is 13.2 Å². The molecule has 0 aliphatic heterocycles. The summed E-state index contributed by atoms with van der Waals surface area (Å²) < 4.78 is 21.1. The number of rotatable bonds is 9. The monoisotopic (exact) mass is 423 g/mol. The number of carbonyl (C=O) groups excluding carboxylic acids is 1. The van der Waals surface area contributed by atoms with Crippen molar-refractivity contribution in [3.63, 3.8) is 0 Å². The molecule has 0 atom stereocenters. The summed E-state index contributed by atoms with van der Waals surface area (Å²) in [6.45, 7) is 8.34. The van der Waals surface area contributed by atoms with Gasteiger partial charge in [0.15, 0.2) is 0 Å². The first-order valence-electron chi connectivity index (χ1n) is 10.6. The van der Waals surface area contributed by atoms with E-state index in [-0.39, 0.29) is 11.8 Å². The van der Waals surface area contributed by atoms with Crippen molar-refractivity contribution in [2.75, 3.05) is 18.5 Å². The van der Waals surface area contributed by atoms with Crippen LogP contribution in [-0.2, 0) is 13.1 Å². The van der Waals surface area contributed by atoms with Crippen LogP contribution in [0.4, 0.5) is 14.9 Å². The second-order valence-corrected chi connectivity index (χ2v) is 7.92. The normalized spacial score (nSPS) is 10.9. The van der Waals surface area contributed by atoms with E-state index in [0.29, 0.717) is 32.2 Å². The molecule has 0 bridgehead atoms. The Morgan fingerprint density at radius 3 is 2.58 bits per heavy atom. The fourth-order valence-electron chi connectivity index (χ4n) is 3.44. The molecular weight excluding hydrogens is 393 g/mol. The van der Waals surface area contributed by atoms with E-state index in [4.69, 9.17) is 4.74 Å². The standard InChI is InChI=1S/C25H30FN3O2/c1-4-31-24-12-10-22(11-13-24)27-25(30)29(16-19(2)3)18-23-9-6-14-28(23)17-20-7-5-8-21(26)15-20/h5-15,19H,4,16-18H2,1-3H3,(H,27,30). The Kier molecular flexibility index (Phi) is 7.70. The van der Waals surface area contributed by atoms with Crippen molar-refractivity contribution >= 4 is 11.7 Å². The molecule has 1 aromatic heterocycles. The lowest BCUT2D eigenvalue weighted by atomic mass is 10.2. The van der Waals surface area contributed by atoms with E-state index in [1.807, 2.05) is 60.2 Å². The van der Waals surface area contributed by atoms with Crippen molar-refractivity contribution in [3.8, 4) is 5.75 Å². The summed E-state index contributed by atoms with van der Waals surface area (Å²) in [6.07, 6.45) is 1.96. The van der Waals surface area contributed by atoms with Gasteiger partial charge in [0.1, 0.15) is 11.6 Å². The lowest BCUT2D eigenvalue weighted by Crippen LogP contribution is -2.37. The van der Waals surface area contributed by atoms with Crippen molar-refractivity contribution in [2.45, 2.75) is 33.9 Å². The topological polar surface area (TPSA) is 46.5 Å². The minimum absolute atomic E-state index is 0.156. The van der Waals surface area contributed by atoms with Gasteiger partial charge in [-0.3, -0.25) is 0 Å². The van der Waals surface area contributed by atoms with Crippen LogP contribution in [0.25, 0.3) is 0 Å². The van der Waals surface area contributed by atoms with Crippen LogP contribution in [-0.4, -0.2) is 28.6 Å². The van der Waals surface area contributed by atoms with Crippen LogP contribution in [0.5, 0.6) is 5.75 Å². The second kappa shape index (κ2) is 10.7. The van der Waals surface area contributed by atoms with Gasteiger partial charge in [-0.05, 0) is 66.9 Å². The van der Waals surface area contributed by atoms with Gasteiger partial charge in [-0.1, -0.05) is 26.0 Å². The fraction of sp³-hybridized carbons (Fsp3) is 0.320. The van der Waals surface area contributed by atoms with Gasteiger partial charge in [-0.15, -0.1) is 0 Å². The van der Waals surface area contributed by atoms with Crippen LogP contribution in [0.15, 0.2) is 66.9 Å². The minimum atomic E-state index is -0.248. The molecule has 3 aromatic rings. The molecule has 164 valence electrons. The first-order chi connectivity index (χ1) is 14.9. The van der Waals surface area contributed by atoms with E-state index >= 15 is 0 Å². The number of benzene rings is 2. The third kappa shape index (κ3) is 6.60. The molecule has 31 heavy (non-hydrogen) atoms. The Morgan fingerprint density at radius 1 is 1.13 bits per heavy atom. The molecule has 2 aromatic carbocycles. The predicted molar refractivity (Wildman–Crippen MR) is 122 cm³/mol. The highest BCUT2D eigenvalue weighted by Crippen LogP contribution is 2.18. The Balaban J connectivity index is 1.71. The van der Waals surface area contributed by atoms with E-state index < -0.39 is 0 Å². The largest absolute Gasteiger partial charge is 0.494 e. The summed E-state index contributed by atoms with van der Waals surface area (Å²) in [5.41, 5.74) is 2.59. The van der Waals surface area contributed by atoms with Crippen molar-refractivity contribution in [1.29, 1.82) is 0 Å². The Morgan fingerprint density at radius 2 is 1.90 bits per heavy atom. The van der Waals surface area contributed by atoms with Crippen LogP contribution < -0.4 is 10.1 Å². The third-order valence-corrected chi connectivity index (χ3v) is 4.81. The van der Waals surface area contributed by atoms with E-state index in [2.05, 4.69) is 19.2 Å². The molecule has 0 radical (unpaired) electrons. The van der Waals surface area contributed by atoms with Crippen molar-refractivity contribution in [3.05, 3.63) is 83.9 Å². The first kappa shape index (κ1) is 22.4. The summed E-state index contributed by atoms with van der Waals surface area (Å²) in [5.74, 6) is 0.842. The van der Waals surface area contributed by atoms with Crippen LogP contribution >= 0.6 is 0 Å². The summed E-state index contributed by atoms with van der Waals surface area (Å²) >= 11 is 0. The number of ether oxygens (including phenoxy) is 1. The zero-order chi connectivity index (χ0) is 22.2. The van der Waals surface area contributed by atoms with E-state index in [9.17, 15) is 9.18 Å². The number of hydrogen-bond acceptors (Lipinski definition) is 2. The molecule has 0 fully saturated rings. The van der Waals surface area contributed by atoms with Crippen molar-refractivity contribution in [2.24, 2.45) is 5.92 Å². The maximum absolute atomic E-state index is 13.6. The minimum Gasteiger partial charge on any atom is -0.494 e. The number of urea groups is 1. The Hall–Kier alpha value is -3.28. The average Bonchev–Trinajstić information content (AvgIpc) is 3.15. The van der Waals surface area contributed by atoms with E-state index in [1.54, 1.807) is 11.0 Å². The molecule has 2 amide bonds. The fourth-order valence-corrected chi connectivity index (χ4v) is 3.44. The molecule has 0 spiro atoms. The number of aromatic nitrogens is 1. The SMILES string of the molecule is CCOc1ccc(NC(=O)N(Cc2cccn2Cc2cccc(F)c2)CC(C)C)cc1. The third-order valence-electron chi connectivity index (χ3n) is 4.81. The number of halogens is 1. The van der Waals surface area contributed by atoms with Gasteiger partial charge < -0.3 is 19.5 Å². The Bertz CT molecular complexity index is 982. The lowest BCUT2D eigenvalue weighted by Gasteiger charge is -2.26. The van der Waals surface area contributed by atoms with E-state index in [0.717, 1.165) is 22.7 Å². The molecule has 0 saturated heterocycles. The van der Waals surface area contributed by atoms with Crippen LogP contribution in [0, 0.1) is 11.7 Å².